The summed E-state index contributed by atoms with van der Waals surface area (Å²) in [5, 5.41) is 3.48. The van der Waals surface area contributed by atoms with E-state index in [1.807, 2.05) is 19.1 Å². The predicted octanol–water partition coefficient (Wildman–Crippen LogP) is 4.49. The summed E-state index contributed by atoms with van der Waals surface area (Å²) in [7, 11) is 0. The Bertz CT molecular complexity index is 650. The fraction of sp³-hybridized carbons (Fsp3) is 0.333. The molecule has 3 rings (SSSR count). The van der Waals surface area contributed by atoms with Crippen LogP contribution in [0.4, 0.5) is 4.39 Å². The molecule has 0 unspecified atom stereocenters. The third-order valence-corrected chi connectivity index (χ3v) is 3.68. The molecule has 21 heavy (non-hydrogen) atoms. The van der Waals surface area contributed by atoms with Gasteiger partial charge in [-0.1, -0.05) is 23.8 Å². The Kier molecular flexibility index (Phi) is 3.93. The first-order chi connectivity index (χ1) is 10.1. The smallest absolute Gasteiger partial charge is 0.165 e. The van der Waals surface area contributed by atoms with Crippen molar-refractivity contribution < 1.29 is 9.13 Å². The van der Waals surface area contributed by atoms with E-state index in [4.69, 9.17) is 4.74 Å². The van der Waals surface area contributed by atoms with Crippen LogP contribution in [0.25, 0.3) is 0 Å². The molecule has 1 N–H and O–H groups in total. The third-order valence-electron chi connectivity index (χ3n) is 3.68. The molecule has 1 aliphatic rings. The van der Waals surface area contributed by atoms with Gasteiger partial charge in [0.2, 0.25) is 0 Å². The van der Waals surface area contributed by atoms with Crippen molar-refractivity contribution in [2.24, 2.45) is 0 Å². The number of aryl methyl sites for hydroxylation is 2. The maximum atomic E-state index is 13.8. The van der Waals surface area contributed by atoms with E-state index in [0.29, 0.717) is 6.04 Å². The topological polar surface area (TPSA) is 21.3 Å². The molecule has 0 aromatic heterocycles. The van der Waals surface area contributed by atoms with Crippen LogP contribution < -0.4 is 10.1 Å². The molecule has 110 valence electrons. The molecule has 0 saturated heterocycles. The SMILES string of the molecule is Cc1ccc(Oc2cc(C)ccc2F)c(CNC2CC2)c1. The summed E-state index contributed by atoms with van der Waals surface area (Å²) in [5.41, 5.74) is 3.23. The minimum atomic E-state index is -0.331. The van der Waals surface area contributed by atoms with Gasteiger partial charge >= 0.3 is 0 Å². The van der Waals surface area contributed by atoms with Crippen LogP contribution >= 0.6 is 0 Å². The maximum absolute atomic E-state index is 13.8. The van der Waals surface area contributed by atoms with Crippen molar-refractivity contribution in [3.63, 3.8) is 0 Å². The summed E-state index contributed by atoms with van der Waals surface area (Å²) in [4.78, 5) is 0. The maximum Gasteiger partial charge on any atom is 0.165 e. The zero-order valence-corrected chi connectivity index (χ0v) is 12.4. The van der Waals surface area contributed by atoms with Gasteiger partial charge in [-0.05, 0) is 50.5 Å². The first kappa shape index (κ1) is 14.1. The molecule has 2 aromatic rings. The Morgan fingerprint density at radius 1 is 1.05 bits per heavy atom. The standard InChI is InChI=1S/C18H20FNO/c1-12-4-8-17(14(9-12)11-20-15-5-6-15)21-18-10-13(2)3-7-16(18)19/h3-4,7-10,15,20H,5-6,11H2,1-2H3. The second-order valence-electron chi connectivity index (χ2n) is 5.80. The molecule has 1 fully saturated rings. The van der Waals surface area contributed by atoms with Crippen LogP contribution in [0, 0.1) is 19.7 Å². The van der Waals surface area contributed by atoms with E-state index in [0.717, 1.165) is 23.4 Å². The van der Waals surface area contributed by atoms with Crippen molar-refractivity contribution in [2.75, 3.05) is 0 Å². The molecule has 2 nitrogen and oxygen atoms in total. The second-order valence-corrected chi connectivity index (χ2v) is 5.80. The normalized spacial score (nSPS) is 14.2. The lowest BCUT2D eigenvalue weighted by Gasteiger charge is -2.13. The number of benzene rings is 2. The zero-order chi connectivity index (χ0) is 14.8. The van der Waals surface area contributed by atoms with Crippen LogP contribution in [0.5, 0.6) is 11.5 Å². The molecule has 0 radical (unpaired) electrons. The Hall–Kier alpha value is -1.87. The van der Waals surface area contributed by atoms with Gasteiger partial charge in [0, 0.05) is 18.2 Å². The summed E-state index contributed by atoms with van der Waals surface area (Å²) in [6, 6.07) is 11.6. The van der Waals surface area contributed by atoms with Gasteiger partial charge < -0.3 is 10.1 Å². The van der Waals surface area contributed by atoms with E-state index >= 15 is 0 Å². The number of hydrogen-bond donors (Lipinski definition) is 1. The summed E-state index contributed by atoms with van der Waals surface area (Å²) in [5.74, 6) is 0.673. The molecule has 3 heteroatoms. The fourth-order valence-corrected chi connectivity index (χ4v) is 2.29. The minimum Gasteiger partial charge on any atom is -0.454 e. The molecular formula is C18H20FNO. The summed E-state index contributed by atoms with van der Waals surface area (Å²) < 4.78 is 19.7. The fourth-order valence-electron chi connectivity index (χ4n) is 2.29. The zero-order valence-electron chi connectivity index (χ0n) is 12.4. The molecule has 0 atom stereocenters. The van der Waals surface area contributed by atoms with Crippen LogP contribution in [-0.2, 0) is 6.54 Å². The molecule has 0 spiro atoms. The van der Waals surface area contributed by atoms with Gasteiger partial charge in [-0.15, -0.1) is 0 Å². The first-order valence-corrected chi connectivity index (χ1v) is 7.39. The van der Waals surface area contributed by atoms with Gasteiger partial charge in [-0.3, -0.25) is 0 Å². The second kappa shape index (κ2) is 5.86. The van der Waals surface area contributed by atoms with Crippen LogP contribution in [0.3, 0.4) is 0 Å². The molecule has 1 saturated carbocycles. The molecule has 0 amide bonds. The van der Waals surface area contributed by atoms with Crippen LogP contribution in [0.15, 0.2) is 36.4 Å². The van der Waals surface area contributed by atoms with Crippen LogP contribution in [-0.4, -0.2) is 6.04 Å². The Labute approximate surface area is 125 Å². The van der Waals surface area contributed by atoms with E-state index in [-0.39, 0.29) is 11.6 Å². The average Bonchev–Trinajstić information content (AvgIpc) is 3.27. The first-order valence-electron chi connectivity index (χ1n) is 7.39. The van der Waals surface area contributed by atoms with E-state index in [1.165, 1.54) is 24.5 Å². The largest absolute Gasteiger partial charge is 0.454 e. The quantitative estimate of drug-likeness (QED) is 0.874. The highest BCUT2D eigenvalue weighted by Crippen LogP contribution is 2.30. The van der Waals surface area contributed by atoms with Gasteiger partial charge in [0.15, 0.2) is 11.6 Å². The third kappa shape index (κ3) is 3.61. The van der Waals surface area contributed by atoms with Crippen molar-refractivity contribution >= 4 is 0 Å². The van der Waals surface area contributed by atoms with Crippen molar-refractivity contribution in [1.82, 2.24) is 5.32 Å². The van der Waals surface area contributed by atoms with Crippen LogP contribution in [0.1, 0.15) is 29.5 Å². The lowest BCUT2D eigenvalue weighted by molar-refractivity contribution is 0.435. The lowest BCUT2D eigenvalue weighted by atomic mass is 10.1. The van der Waals surface area contributed by atoms with Gasteiger partial charge in [-0.2, -0.15) is 0 Å². The molecule has 0 heterocycles. The molecule has 0 aliphatic heterocycles. The Morgan fingerprint density at radius 3 is 2.52 bits per heavy atom. The minimum absolute atomic E-state index is 0.284. The number of hydrogen-bond acceptors (Lipinski definition) is 2. The lowest BCUT2D eigenvalue weighted by Crippen LogP contribution is -2.15. The van der Waals surface area contributed by atoms with Crippen molar-refractivity contribution in [3.05, 3.63) is 58.9 Å². The predicted molar refractivity (Wildman–Crippen MR) is 82.3 cm³/mol. The monoisotopic (exact) mass is 285 g/mol. The Morgan fingerprint density at radius 2 is 1.76 bits per heavy atom. The highest BCUT2D eigenvalue weighted by molar-refractivity contribution is 5.41. The molecule has 1 aliphatic carbocycles. The average molecular weight is 285 g/mol. The highest BCUT2D eigenvalue weighted by Gasteiger charge is 2.20. The van der Waals surface area contributed by atoms with Crippen LogP contribution in [0.2, 0.25) is 0 Å². The Balaban J connectivity index is 1.84. The van der Waals surface area contributed by atoms with Gasteiger partial charge in [0.1, 0.15) is 5.75 Å². The van der Waals surface area contributed by atoms with Crippen molar-refractivity contribution in [2.45, 2.75) is 39.3 Å². The number of nitrogens with one attached hydrogen (secondary N) is 1. The highest BCUT2D eigenvalue weighted by atomic mass is 19.1. The van der Waals surface area contributed by atoms with Gasteiger partial charge in [0.25, 0.3) is 0 Å². The van der Waals surface area contributed by atoms with Gasteiger partial charge in [-0.25, -0.2) is 4.39 Å². The summed E-state index contributed by atoms with van der Waals surface area (Å²) >= 11 is 0. The summed E-state index contributed by atoms with van der Waals surface area (Å²) in [6.45, 7) is 4.74. The molecule has 0 bridgehead atoms. The number of rotatable bonds is 5. The molecular weight excluding hydrogens is 265 g/mol. The number of halogens is 1. The van der Waals surface area contributed by atoms with Crippen molar-refractivity contribution in [1.29, 1.82) is 0 Å². The van der Waals surface area contributed by atoms with Crippen molar-refractivity contribution in [3.8, 4) is 11.5 Å². The van der Waals surface area contributed by atoms with E-state index < -0.39 is 0 Å². The van der Waals surface area contributed by atoms with E-state index in [1.54, 1.807) is 12.1 Å². The molecule has 2 aromatic carbocycles. The number of ether oxygens (including phenoxy) is 1. The van der Waals surface area contributed by atoms with Gasteiger partial charge in [0.05, 0.1) is 0 Å². The van der Waals surface area contributed by atoms with E-state index in [9.17, 15) is 4.39 Å². The van der Waals surface area contributed by atoms with E-state index in [2.05, 4.69) is 18.3 Å². The summed E-state index contributed by atoms with van der Waals surface area (Å²) in [6.07, 6.45) is 2.49.